The molecule has 0 unspecified atom stereocenters. The number of carbonyl (C=O) groups is 1. The molecule has 0 saturated heterocycles. The van der Waals surface area contributed by atoms with Gasteiger partial charge in [0.05, 0.1) is 12.1 Å². The number of anilines is 1. The SMILES string of the molecule is CCN(CC(C)(C)O)C(=O)Nc1ccc(F)c(C)c1. The molecule has 0 bridgehead atoms. The highest BCUT2D eigenvalue weighted by atomic mass is 19.1. The van der Waals surface area contributed by atoms with E-state index in [4.69, 9.17) is 0 Å². The van der Waals surface area contributed by atoms with Gasteiger partial charge < -0.3 is 15.3 Å². The Morgan fingerprint density at radius 2 is 2.11 bits per heavy atom. The second-order valence-electron chi connectivity index (χ2n) is 5.22. The summed E-state index contributed by atoms with van der Waals surface area (Å²) in [5.41, 5.74) is 0.0629. The topological polar surface area (TPSA) is 52.6 Å². The molecular formula is C14H21FN2O2. The van der Waals surface area contributed by atoms with Crippen molar-refractivity contribution in [1.82, 2.24) is 4.90 Å². The molecule has 0 heterocycles. The molecule has 0 fully saturated rings. The molecule has 0 aliphatic rings. The van der Waals surface area contributed by atoms with E-state index in [1.54, 1.807) is 26.8 Å². The Hall–Kier alpha value is -1.62. The number of likely N-dealkylation sites (N-methyl/N-ethyl adjacent to an activating group) is 1. The Morgan fingerprint density at radius 1 is 1.47 bits per heavy atom. The molecule has 2 amide bonds. The van der Waals surface area contributed by atoms with Gasteiger partial charge in [-0.1, -0.05) is 0 Å². The van der Waals surface area contributed by atoms with Crippen LogP contribution in [0.15, 0.2) is 18.2 Å². The molecule has 0 spiro atoms. The van der Waals surface area contributed by atoms with Crippen LogP contribution in [0.4, 0.5) is 14.9 Å². The van der Waals surface area contributed by atoms with Crippen molar-refractivity contribution < 1.29 is 14.3 Å². The highest BCUT2D eigenvalue weighted by molar-refractivity contribution is 5.89. The first-order chi connectivity index (χ1) is 8.73. The van der Waals surface area contributed by atoms with Crippen LogP contribution < -0.4 is 5.32 Å². The quantitative estimate of drug-likeness (QED) is 0.882. The molecule has 1 aromatic rings. The van der Waals surface area contributed by atoms with Crippen LogP contribution in [0.1, 0.15) is 26.3 Å². The molecule has 0 aliphatic carbocycles. The van der Waals surface area contributed by atoms with Gasteiger partial charge in [0.15, 0.2) is 0 Å². The maximum Gasteiger partial charge on any atom is 0.321 e. The van der Waals surface area contributed by atoms with Crippen molar-refractivity contribution in [3.05, 3.63) is 29.6 Å². The molecule has 0 aromatic heterocycles. The average molecular weight is 268 g/mol. The summed E-state index contributed by atoms with van der Waals surface area (Å²) < 4.78 is 13.1. The summed E-state index contributed by atoms with van der Waals surface area (Å²) in [6, 6.07) is 4.09. The van der Waals surface area contributed by atoms with Crippen LogP contribution in [0.2, 0.25) is 0 Å². The van der Waals surface area contributed by atoms with Gasteiger partial charge in [0.25, 0.3) is 0 Å². The number of amides is 2. The molecule has 106 valence electrons. The van der Waals surface area contributed by atoms with Crippen molar-refractivity contribution >= 4 is 11.7 Å². The Bertz CT molecular complexity index is 455. The van der Waals surface area contributed by atoms with Crippen molar-refractivity contribution in [2.45, 2.75) is 33.3 Å². The summed E-state index contributed by atoms with van der Waals surface area (Å²) in [5.74, 6) is -0.304. The van der Waals surface area contributed by atoms with Gasteiger partial charge >= 0.3 is 6.03 Å². The van der Waals surface area contributed by atoms with Crippen LogP contribution in [0.25, 0.3) is 0 Å². The fourth-order valence-corrected chi connectivity index (χ4v) is 1.72. The largest absolute Gasteiger partial charge is 0.389 e. The molecule has 0 saturated carbocycles. The van der Waals surface area contributed by atoms with Gasteiger partial charge in [-0.15, -0.1) is 0 Å². The van der Waals surface area contributed by atoms with E-state index >= 15 is 0 Å². The van der Waals surface area contributed by atoms with Gasteiger partial charge in [0.2, 0.25) is 0 Å². The van der Waals surface area contributed by atoms with Crippen LogP contribution in [0.3, 0.4) is 0 Å². The lowest BCUT2D eigenvalue weighted by atomic mass is 10.1. The third-order valence-corrected chi connectivity index (χ3v) is 2.66. The normalized spacial score (nSPS) is 11.3. The fraction of sp³-hybridized carbons (Fsp3) is 0.500. The van der Waals surface area contributed by atoms with E-state index in [0.29, 0.717) is 17.8 Å². The lowest BCUT2D eigenvalue weighted by Gasteiger charge is -2.28. The number of halogens is 1. The third kappa shape index (κ3) is 4.87. The highest BCUT2D eigenvalue weighted by Gasteiger charge is 2.21. The number of rotatable bonds is 4. The summed E-state index contributed by atoms with van der Waals surface area (Å²) in [5, 5.41) is 12.4. The summed E-state index contributed by atoms with van der Waals surface area (Å²) in [6.45, 7) is 7.47. The number of carbonyl (C=O) groups excluding carboxylic acids is 1. The number of urea groups is 1. The van der Waals surface area contributed by atoms with Crippen LogP contribution in [-0.4, -0.2) is 34.7 Å². The van der Waals surface area contributed by atoms with E-state index in [1.807, 2.05) is 6.92 Å². The average Bonchev–Trinajstić information content (AvgIpc) is 2.29. The van der Waals surface area contributed by atoms with Gasteiger partial charge in [-0.3, -0.25) is 0 Å². The molecule has 4 nitrogen and oxygen atoms in total. The van der Waals surface area contributed by atoms with Gasteiger partial charge in [-0.05, 0) is 51.5 Å². The van der Waals surface area contributed by atoms with E-state index in [-0.39, 0.29) is 18.4 Å². The molecule has 19 heavy (non-hydrogen) atoms. The highest BCUT2D eigenvalue weighted by Crippen LogP contribution is 2.15. The maximum atomic E-state index is 13.1. The van der Waals surface area contributed by atoms with Crippen molar-refractivity contribution in [3.8, 4) is 0 Å². The summed E-state index contributed by atoms with van der Waals surface area (Å²) in [7, 11) is 0. The van der Waals surface area contributed by atoms with Gasteiger partial charge in [-0.25, -0.2) is 9.18 Å². The Balaban J connectivity index is 2.74. The zero-order valence-electron chi connectivity index (χ0n) is 11.8. The Kier molecular flexibility index (Phi) is 4.89. The van der Waals surface area contributed by atoms with Crippen molar-refractivity contribution in [1.29, 1.82) is 0 Å². The van der Waals surface area contributed by atoms with Gasteiger partial charge in [0, 0.05) is 12.2 Å². The number of aryl methyl sites for hydroxylation is 1. The van der Waals surface area contributed by atoms with Crippen LogP contribution >= 0.6 is 0 Å². The second kappa shape index (κ2) is 6.02. The number of benzene rings is 1. The summed E-state index contributed by atoms with van der Waals surface area (Å²) in [6.07, 6.45) is 0. The number of nitrogens with zero attached hydrogens (tertiary/aromatic N) is 1. The molecule has 1 aromatic carbocycles. The molecule has 5 heteroatoms. The Labute approximate surface area is 113 Å². The van der Waals surface area contributed by atoms with E-state index in [1.165, 1.54) is 17.0 Å². The van der Waals surface area contributed by atoms with Gasteiger partial charge in [0.1, 0.15) is 5.82 Å². The standard InChI is InChI=1S/C14H21FN2O2/c1-5-17(9-14(3,4)19)13(18)16-11-6-7-12(15)10(2)8-11/h6-8,19H,5,9H2,1-4H3,(H,16,18). The molecular weight excluding hydrogens is 247 g/mol. The van der Waals surface area contributed by atoms with Crippen LogP contribution in [-0.2, 0) is 0 Å². The van der Waals surface area contributed by atoms with Crippen LogP contribution in [0, 0.1) is 12.7 Å². The molecule has 0 atom stereocenters. The first-order valence-corrected chi connectivity index (χ1v) is 6.27. The second-order valence-corrected chi connectivity index (χ2v) is 5.22. The van der Waals surface area contributed by atoms with E-state index in [2.05, 4.69) is 5.32 Å². The summed E-state index contributed by atoms with van der Waals surface area (Å²) >= 11 is 0. The smallest absolute Gasteiger partial charge is 0.321 e. The fourth-order valence-electron chi connectivity index (χ4n) is 1.72. The Morgan fingerprint density at radius 3 is 2.58 bits per heavy atom. The van der Waals surface area contributed by atoms with Crippen molar-refractivity contribution in [2.75, 3.05) is 18.4 Å². The number of aliphatic hydroxyl groups is 1. The number of hydrogen-bond donors (Lipinski definition) is 2. The van der Waals surface area contributed by atoms with Crippen LogP contribution in [0.5, 0.6) is 0 Å². The van der Waals surface area contributed by atoms with Crippen molar-refractivity contribution in [3.63, 3.8) is 0 Å². The number of nitrogens with one attached hydrogen (secondary N) is 1. The third-order valence-electron chi connectivity index (χ3n) is 2.66. The molecule has 1 rings (SSSR count). The van der Waals surface area contributed by atoms with Crippen molar-refractivity contribution in [2.24, 2.45) is 0 Å². The van der Waals surface area contributed by atoms with Gasteiger partial charge in [-0.2, -0.15) is 0 Å². The van der Waals surface area contributed by atoms with E-state index in [0.717, 1.165) is 0 Å². The monoisotopic (exact) mass is 268 g/mol. The minimum Gasteiger partial charge on any atom is -0.389 e. The predicted octanol–water partition coefficient (Wildman–Crippen LogP) is 2.76. The minimum absolute atomic E-state index is 0.232. The predicted molar refractivity (Wildman–Crippen MR) is 73.7 cm³/mol. The minimum atomic E-state index is -0.952. The molecule has 0 radical (unpaired) electrons. The maximum absolute atomic E-state index is 13.1. The lowest BCUT2D eigenvalue weighted by Crippen LogP contribution is -2.44. The summed E-state index contributed by atoms with van der Waals surface area (Å²) in [4.78, 5) is 13.5. The zero-order valence-corrected chi connectivity index (χ0v) is 11.8. The zero-order chi connectivity index (χ0) is 14.6. The van der Waals surface area contributed by atoms with E-state index in [9.17, 15) is 14.3 Å². The first-order valence-electron chi connectivity index (χ1n) is 6.27. The molecule has 0 aliphatic heterocycles. The van der Waals surface area contributed by atoms with E-state index < -0.39 is 5.60 Å². The lowest BCUT2D eigenvalue weighted by molar-refractivity contribution is 0.0501. The first kappa shape index (κ1) is 15.4. The molecule has 2 N–H and O–H groups in total. The number of hydrogen-bond acceptors (Lipinski definition) is 2.